The molecule has 1 unspecified atom stereocenters. The molecule has 2 aromatic rings. The largest absolute Gasteiger partial charge is 0.494 e. The number of benzene rings is 2. The molecule has 7 heteroatoms. The van der Waals surface area contributed by atoms with Gasteiger partial charge in [-0.3, -0.25) is 4.79 Å². The van der Waals surface area contributed by atoms with E-state index in [1.807, 2.05) is 30.3 Å². The molecule has 0 aliphatic heterocycles. The minimum absolute atomic E-state index is 0.189. The summed E-state index contributed by atoms with van der Waals surface area (Å²) in [4.78, 5) is 23.0. The van der Waals surface area contributed by atoms with Crippen LogP contribution >= 0.6 is 0 Å². The van der Waals surface area contributed by atoms with Crippen LogP contribution in [0.4, 0.5) is 4.39 Å². The van der Waals surface area contributed by atoms with Crippen LogP contribution in [-0.2, 0) is 9.59 Å². The third kappa shape index (κ3) is 6.80. The molecule has 0 aliphatic carbocycles. The molecule has 138 valence electrons. The summed E-state index contributed by atoms with van der Waals surface area (Å²) >= 11 is 0. The highest BCUT2D eigenvalue weighted by molar-refractivity contribution is 5.78. The SMILES string of the molecule is O=C(CCCOc1ccccc1)NCC(Oc1ccc(F)cc1)C(=O)O. The first-order valence-corrected chi connectivity index (χ1v) is 8.14. The molecule has 0 heterocycles. The van der Waals surface area contributed by atoms with E-state index in [0.29, 0.717) is 13.0 Å². The number of carbonyl (C=O) groups excluding carboxylic acids is 1. The van der Waals surface area contributed by atoms with Crippen molar-refractivity contribution >= 4 is 11.9 Å². The summed E-state index contributed by atoms with van der Waals surface area (Å²) in [6.07, 6.45) is -0.558. The van der Waals surface area contributed by atoms with Crippen molar-refractivity contribution in [3.63, 3.8) is 0 Å². The minimum atomic E-state index is -1.26. The van der Waals surface area contributed by atoms with Gasteiger partial charge in [0.1, 0.15) is 17.3 Å². The molecule has 0 bridgehead atoms. The number of halogens is 1. The van der Waals surface area contributed by atoms with Crippen LogP contribution in [0, 0.1) is 5.82 Å². The van der Waals surface area contributed by atoms with Crippen LogP contribution in [-0.4, -0.2) is 36.2 Å². The summed E-state index contributed by atoms with van der Waals surface area (Å²) in [5.41, 5.74) is 0. The Kier molecular flexibility index (Phi) is 7.42. The number of para-hydroxylation sites is 1. The van der Waals surface area contributed by atoms with Crippen molar-refractivity contribution in [2.24, 2.45) is 0 Å². The van der Waals surface area contributed by atoms with Crippen LogP contribution < -0.4 is 14.8 Å². The lowest BCUT2D eigenvalue weighted by atomic mass is 10.2. The number of amides is 1. The van der Waals surface area contributed by atoms with Crippen molar-refractivity contribution in [1.29, 1.82) is 0 Å². The number of carbonyl (C=O) groups is 2. The Morgan fingerprint density at radius 1 is 1.04 bits per heavy atom. The van der Waals surface area contributed by atoms with E-state index in [1.165, 1.54) is 24.3 Å². The maximum absolute atomic E-state index is 12.9. The summed E-state index contributed by atoms with van der Waals surface area (Å²) in [7, 11) is 0. The number of aliphatic carboxylic acids is 1. The molecule has 0 saturated carbocycles. The Morgan fingerprint density at radius 3 is 2.38 bits per heavy atom. The van der Waals surface area contributed by atoms with Crippen LogP contribution in [0.1, 0.15) is 12.8 Å². The molecule has 0 aliphatic rings. The van der Waals surface area contributed by atoms with E-state index < -0.39 is 17.9 Å². The van der Waals surface area contributed by atoms with Gasteiger partial charge in [0.15, 0.2) is 0 Å². The molecule has 0 fully saturated rings. The number of nitrogens with one attached hydrogen (secondary N) is 1. The predicted octanol–water partition coefficient (Wildman–Crippen LogP) is 2.63. The number of hydrogen-bond acceptors (Lipinski definition) is 4. The van der Waals surface area contributed by atoms with Gasteiger partial charge in [0.2, 0.25) is 12.0 Å². The second kappa shape index (κ2) is 10.0. The number of rotatable bonds is 10. The zero-order chi connectivity index (χ0) is 18.8. The third-order valence-corrected chi connectivity index (χ3v) is 3.41. The number of hydrogen-bond donors (Lipinski definition) is 2. The Hall–Kier alpha value is -3.09. The zero-order valence-corrected chi connectivity index (χ0v) is 14.1. The monoisotopic (exact) mass is 361 g/mol. The quantitative estimate of drug-likeness (QED) is 0.636. The molecule has 0 aromatic heterocycles. The van der Waals surface area contributed by atoms with E-state index in [9.17, 15) is 19.1 Å². The van der Waals surface area contributed by atoms with Crippen molar-refractivity contribution in [3.8, 4) is 11.5 Å². The maximum Gasteiger partial charge on any atom is 0.346 e. The van der Waals surface area contributed by atoms with Gasteiger partial charge in [-0.05, 0) is 42.8 Å². The standard InChI is InChI=1S/C19H20FNO5/c20-14-8-10-16(11-9-14)26-17(19(23)24)13-21-18(22)7-4-12-25-15-5-2-1-3-6-15/h1-3,5-6,8-11,17H,4,7,12-13H2,(H,21,22)(H,23,24). The Morgan fingerprint density at radius 2 is 1.73 bits per heavy atom. The average Bonchev–Trinajstić information content (AvgIpc) is 2.64. The van der Waals surface area contributed by atoms with E-state index in [4.69, 9.17) is 9.47 Å². The first kappa shape index (κ1) is 19.2. The molecule has 6 nitrogen and oxygen atoms in total. The number of carboxylic acid groups (broad SMARTS) is 1. The summed E-state index contributed by atoms with van der Waals surface area (Å²) in [6, 6.07) is 14.2. The molecule has 1 atom stereocenters. The van der Waals surface area contributed by atoms with Gasteiger partial charge in [-0.15, -0.1) is 0 Å². The van der Waals surface area contributed by atoms with Crippen molar-refractivity contribution in [2.45, 2.75) is 18.9 Å². The van der Waals surface area contributed by atoms with Gasteiger partial charge in [0, 0.05) is 6.42 Å². The van der Waals surface area contributed by atoms with Crippen molar-refractivity contribution in [1.82, 2.24) is 5.32 Å². The van der Waals surface area contributed by atoms with E-state index >= 15 is 0 Å². The zero-order valence-electron chi connectivity index (χ0n) is 14.1. The minimum Gasteiger partial charge on any atom is -0.494 e. The average molecular weight is 361 g/mol. The fourth-order valence-corrected chi connectivity index (χ4v) is 2.09. The van der Waals surface area contributed by atoms with Crippen LogP contribution in [0.3, 0.4) is 0 Å². The Bertz CT molecular complexity index is 706. The maximum atomic E-state index is 12.9. The summed E-state index contributed by atoms with van der Waals surface area (Å²) in [5.74, 6) is -1.02. The fourth-order valence-electron chi connectivity index (χ4n) is 2.09. The second-order valence-corrected chi connectivity index (χ2v) is 5.47. The summed E-state index contributed by atoms with van der Waals surface area (Å²) in [5, 5.41) is 11.7. The highest BCUT2D eigenvalue weighted by Gasteiger charge is 2.20. The molecule has 0 spiro atoms. The third-order valence-electron chi connectivity index (χ3n) is 3.41. The lowest BCUT2D eigenvalue weighted by Gasteiger charge is -2.16. The molecular formula is C19H20FNO5. The van der Waals surface area contributed by atoms with Crippen molar-refractivity contribution in [3.05, 3.63) is 60.4 Å². The molecule has 2 N–H and O–H groups in total. The van der Waals surface area contributed by atoms with Crippen molar-refractivity contribution in [2.75, 3.05) is 13.2 Å². The van der Waals surface area contributed by atoms with Crippen LogP contribution in [0.25, 0.3) is 0 Å². The molecule has 0 saturated heterocycles. The molecule has 1 amide bonds. The molecule has 26 heavy (non-hydrogen) atoms. The van der Waals surface area contributed by atoms with Gasteiger partial charge in [-0.2, -0.15) is 0 Å². The Labute approximate surface area is 150 Å². The van der Waals surface area contributed by atoms with Gasteiger partial charge in [-0.1, -0.05) is 18.2 Å². The van der Waals surface area contributed by atoms with Gasteiger partial charge in [0.05, 0.1) is 13.2 Å². The predicted molar refractivity (Wildman–Crippen MR) is 92.6 cm³/mol. The van der Waals surface area contributed by atoms with Gasteiger partial charge < -0.3 is 19.9 Å². The number of ether oxygens (including phenoxy) is 2. The van der Waals surface area contributed by atoms with E-state index in [1.54, 1.807) is 0 Å². The second-order valence-electron chi connectivity index (χ2n) is 5.47. The molecule has 2 rings (SSSR count). The molecule has 2 aromatic carbocycles. The molecule has 0 radical (unpaired) electrons. The first-order chi connectivity index (χ1) is 12.5. The van der Waals surface area contributed by atoms with Crippen LogP contribution in [0.2, 0.25) is 0 Å². The normalized spacial score (nSPS) is 11.4. The fraction of sp³-hybridized carbons (Fsp3) is 0.263. The first-order valence-electron chi connectivity index (χ1n) is 8.14. The van der Waals surface area contributed by atoms with Gasteiger partial charge >= 0.3 is 5.97 Å². The lowest BCUT2D eigenvalue weighted by molar-refractivity contribution is -0.145. The Balaban J connectivity index is 1.69. The van der Waals surface area contributed by atoms with Crippen molar-refractivity contribution < 1.29 is 28.6 Å². The lowest BCUT2D eigenvalue weighted by Crippen LogP contribution is -2.40. The van der Waals surface area contributed by atoms with E-state index in [0.717, 1.165) is 5.75 Å². The smallest absolute Gasteiger partial charge is 0.346 e. The van der Waals surface area contributed by atoms with Gasteiger partial charge in [-0.25, -0.2) is 9.18 Å². The van der Waals surface area contributed by atoms with Gasteiger partial charge in [0.25, 0.3) is 0 Å². The highest BCUT2D eigenvalue weighted by Crippen LogP contribution is 2.13. The topological polar surface area (TPSA) is 84.9 Å². The van der Waals surface area contributed by atoms with Crippen LogP contribution in [0.5, 0.6) is 11.5 Å². The highest BCUT2D eigenvalue weighted by atomic mass is 19.1. The van der Waals surface area contributed by atoms with Crippen LogP contribution in [0.15, 0.2) is 54.6 Å². The molecular weight excluding hydrogens is 341 g/mol. The van der Waals surface area contributed by atoms with E-state index in [2.05, 4.69) is 5.32 Å². The number of carboxylic acids is 1. The summed E-state index contributed by atoms with van der Waals surface area (Å²) < 4.78 is 23.6. The summed E-state index contributed by atoms with van der Waals surface area (Å²) in [6.45, 7) is 0.191. The van der Waals surface area contributed by atoms with E-state index in [-0.39, 0.29) is 24.6 Å².